The molecule has 1 aliphatic carbocycles. The monoisotopic (exact) mass is 358 g/mol. The number of halogens is 1. The minimum Gasteiger partial charge on any atom is -0.475 e. The second kappa shape index (κ2) is 5.17. The zero-order chi connectivity index (χ0) is 16.3. The highest BCUT2D eigenvalue weighted by Crippen LogP contribution is 2.56. The third kappa shape index (κ3) is 1.96. The van der Waals surface area contributed by atoms with Gasteiger partial charge >= 0.3 is 0 Å². The Morgan fingerprint density at radius 3 is 3.08 bits per heavy atom. The molecule has 0 amide bonds. The number of ether oxygens (including phenoxy) is 1. The van der Waals surface area contributed by atoms with Crippen LogP contribution in [0.15, 0.2) is 51.0 Å². The fourth-order valence-corrected chi connectivity index (χ4v) is 5.35. The van der Waals surface area contributed by atoms with E-state index in [0.29, 0.717) is 27.5 Å². The summed E-state index contributed by atoms with van der Waals surface area (Å²) in [5.41, 5.74) is 0.00260. The fourth-order valence-electron chi connectivity index (χ4n) is 3.98. The van der Waals surface area contributed by atoms with Gasteiger partial charge in [-0.15, -0.1) is 11.8 Å². The first-order valence-corrected chi connectivity index (χ1v) is 9.45. The Morgan fingerprint density at radius 1 is 1.33 bits per heavy atom. The van der Waals surface area contributed by atoms with E-state index in [1.165, 1.54) is 0 Å². The fraction of sp³-hybridized carbons (Fsp3) is 0.316. The summed E-state index contributed by atoms with van der Waals surface area (Å²) in [5, 5.41) is 3.19. The molecule has 2 aliphatic heterocycles. The predicted octanol–water partition coefficient (Wildman–Crippen LogP) is 5.24. The molecule has 0 bridgehead atoms. The van der Waals surface area contributed by atoms with E-state index in [1.807, 2.05) is 0 Å². The summed E-state index contributed by atoms with van der Waals surface area (Å²) in [4.78, 5) is 13.0. The van der Waals surface area contributed by atoms with Crippen molar-refractivity contribution in [1.82, 2.24) is 0 Å². The van der Waals surface area contributed by atoms with Crippen LogP contribution in [0.2, 0.25) is 5.02 Å². The summed E-state index contributed by atoms with van der Waals surface area (Å²) in [6, 6.07) is 5.15. The molecule has 1 spiro atoms. The van der Waals surface area contributed by atoms with E-state index in [-0.39, 0.29) is 16.6 Å². The van der Waals surface area contributed by atoms with Gasteiger partial charge in [-0.3, -0.25) is 4.79 Å². The molecule has 5 heteroatoms. The molecule has 3 atom stereocenters. The molecule has 24 heavy (non-hydrogen) atoms. The van der Waals surface area contributed by atoms with Crippen LogP contribution >= 0.6 is 23.4 Å². The van der Waals surface area contributed by atoms with E-state index in [4.69, 9.17) is 20.8 Å². The second-order valence-electron chi connectivity index (χ2n) is 6.53. The van der Waals surface area contributed by atoms with Crippen LogP contribution in [0.5, 0.6) is 5.75 Å². The molecular formula is C19H15ClO3S. The quantitative estimate of drug-likeness (QED) is 0.604. The summed E-state index contributed by atoms with van der Waals surface area (Å²) >= 11 is 7.76. The molecule has 0 radical (unpaired) electrons. The summed E-state index contributed by atoms with van der Waals surface area (Å²) in [5.74, 6) is 1.20. The van der Waals surface area contributed by atoms with E-state index < -0.39 is 5.60 Å². The maximum Gasteiger partial charge on any atom is 0.234 e. The lowest BCUT2D eigenvalue weighted by atomic mass is 9.75. The van der Waals surface area contributed by atoms with Crippen molar-refractivity contribution in [3.8, 4) is 5.75 Å². The van der Waals surface area contributed by atoms with Gasteiger partial charge in [0.05, 0.1) is 10.6 Å². The van der Waals surface area contributed by atoms with Gasteiger partial charge in [-0.1, -0.05) is 23.8 Å². The molecule has 3 aliphatic rings. The maximum atomic E-state index is 13.0. The van der Waals surface area contributed by atoms with Crippen molar-refractivity contribution >= 4 is 34.3 Å². The van der Waals surface area contributed by atoms with Crippen molar-refractivity contribution in [3.05, 3.63) is 62.8 Å². The van der Waals surface area contributed by atoms with Crippen LogP contribution in [0.3, 0.4) is 0 Å². The lowest BCUT2D eigenvalue weighted by Crippen LogP contribution is -2.47. The van der Waals surface area contributed by atoms with Crippen LogP contribution < -0.4 is 10.2 Å². The minimum absolute atomic E-state index is 0.0873. The molecule has 0 saturated carbocycles. The van der Waals surface area contributed by atoms with Crippen LogP contribution in [-0.2, 0) is 0 Å². The van der Waals surface area contributed by atoms with Crippen molar-refractivity contribution < 1.29 is 9.15 Å². The molecule has 3 heterocycles. The maximum absolute atomic E-state index is 13.0. The predicted molar refractivity (Wildman–Crippen MR) is 96.8 cm³/mol. The van der Waals surface area contributed by atoms with Gasteiger partial charge in [0, 0.05) is 10.9 Å². The first-order valence-electron chi connectivity index (χ1n) is 8.13. The highest BCUT2D eigenvalue weighted by atomic mass is 35.5. The smallest absolute Gasteiger partial charge is 0.234 e. The third-order valence-electron chi connectivity index (χ3n) is 5.13. The van der Waals surface area contributed by atoms with Gasteiger partial charge < -0.3 is 9.15 Å². The van der Waals surface area contributed by atoms with E-state index in [2.05, 4.69) is 23.6 Å². The SMILES string of the molecule is O=c1c2c(oc3ccc(Cl)cc13)C1SC=CC1C1(C=CCCC1)O2. The first kappa shape index (κ1) is 14.7. The molecule has 5 rings (SSSR count). The van der Waals surface area contributed by atoms with Gasteiger partial charge in [0.25, 0.3) is 0 Å². The van der Waals surface area contributed by atoms with Gasteiger partial charge in [-0.05, 0) is 48.9 Å². The van der Waals surface area contributed by atoms with Gasteiger partial charge in [0.1, 0.15) is 11.2 Å². The zero-order valence-corrected chi connectivity index (χ0v) is 14.4. The van der Waals surface area contributed by atoms with E-state index in [0.717, 1.165) is 19.3 Å². The van der Waals surface area contributed by atoms with Gasteiger partial charge in [-0.25, -0.2) is 0 Å². The van der Waals surface area contributed by atoms with Gasteiger partial charge in [0.15, 0.2) is 5.76 Å². The number of rotatable bonds is 0. The highest BCUT2D eigenvalue weighted by Gasteiger charge is 2.51. The summed E-state index contributed by atoms with van der Waals surface area (Å²) in [7, 11) is 0. The topological polar surface area (TPSA) is 39.4 Å². The first-order chi connectivity index (χ1) is 11.7. The highest BCUT2D eigenvalue weighted by molar-refractivity contribution is 8.02. The van der Waals surface area contributed by atoms with Crippen LogP contribution in [0.4, 0.5) is 0 Å². The third-order valence-corrected chi connectivity index (χ3v) is 6.48. The van der Waals surface area contributed by atoms with Crippen LogP contribution in [-0.4, -0.2) is 5.60 Å². The summed E-state index contributed by atoms with van der Waals surface area (Å²) in [6.07, 6.45) is 9.56. The van der Waals surface area contributed by atoms with Gasteiger partial charge in [-0.2, -0.15) is 0 Å². The molecule has 0 fully saturated rings. The average Bonchev–Trinajstić information content (AvgIpc) is 3.09. The largest absolute Gasteiger partial charge is 0.475 e. The number of hydrogen-bond donors (Lipinski definition) is 0. The normalized spacial score (nSPS) is 30.4. The second-order valence-corrected chi connectivity index (χ2v) is 8.02. The molecule has 1 aromatic heterocycles. The Labute approximate surface area is 148 Å². The Kier molecular flexibility index (Phi) is 3.16. The molecule has 0 N–H and O–H groups in total. The molecule has 0 saturated heterocycles. The average molecular weight is 359 g/mol. The Balaban J connectivity index is 1.78. The molecule has 3 nitrogen and oxygen atoms in total. The molecular weight excluding hydrogens is 344 g/mol. The molecule has 122 valence electrons. The number of benzene rings is 1. The van der Waals surface area contributed by atoms with E-state index >= 15 is 0 Å². The standard InChI is InChI=1S/C19H15ClO3S/c20-11-4-5-14-12(10-11)15(21)16-17(22-14)18-13(6-9-24-18)19(23-16)7-2-1-3-8-19/h2,4-7,9-10,13,18H,1,3,8H2. The number of allylic oxidation sites excluding steroid dienone is 1. The van der Waals surface area contributed by atoms with Gasteiger partial charge in [0.2, 0.25) is 11.2 Å². The van der Waals surface area contributed by atoms with Crippen LogP contribution in [0, 0.1) is 5.92 Å². The number of fused-ring (bicyclic) bond motifs is 5. The summed E-state index contributed by atoms with van der Waals surface area (Å²) < 4.78 is 12.5. The van der Waals surface area contributed by atoms with E-state index in [9.17, 15) is 4.79 Å². The minimum atomic E-state index is -0.434. The van der Waals surface area contributed by atoms with Crippen molar-refractivity contribution in [3.63, 3.8) is 0 Å². The van der Waals surface area contributed by atoms with Crippen molar-refractivity contribution in [1.29, 1.82) is 0 Å². The Hall–Kier alpha value is -1.65. The molecule has 2 aromatic rings. The van der Waals surface area contributed by atoms with Crippen molar-refractivity contribution in [2.75, 3.05) is 0 Å². The lowest BCUT2D eigenvalue weighted by molar-refractivity contribution is 0.0346. The van der Waals surface area contributed by atoms with Crippen LogP contribution in [0.1, 0.15) is 30.3 Å². The Morgan fingerprint density at radius 2 is 2.25 bits per heavy atom. The van der Waals surface area contributed by atoms with Crippen molar-refractivity contribution in [2.45, 2.75) is 30.1 Å². The molecule has 1 aromatic carbocycles. The number of hydrogen-bond acceptors (Lipinski definition) is 4. The number of thioether (sulfide) groups is 1. The zero-order valence-electron chi connectivity index (χ0n) is 12.8. The van der Waals surface area contributed by atoms with Crippen LogP contribution in [0.25, 0.3) is 11.0 Å². The summed E-state index contributed by atoms with van der Waals surface area (Å²) in [6.45, 7) is 0. The lowest BCUT2D eigenvalue weighted by Gasteiger charge is -2.44. The van der Waals surface area contributed by atoms with E-state index in [1.54, 1.807) is 30.0 Å². The molecule has 3 unspecified atom stereocenters. The Bertz CT molecular complexity index is 961. The van der Waals surface area contributed by atoms with Crippen molar-refractivity contribution in [2.24, 2.45) is 5.92 Å².